The molecular weight excluding hydrogens is 233 g/mol. The van der Waals surface area contributed by atoms with Crippen LogP contribution in [-0.2, 0) is 15.0 Å². The number of amides is 1. The Labute approximate surface area is 87.2 Å². The first kappa shape index (κ1) is 11.7. The fourth-order valence-electron chi connectivity index (χ4n) is 1.42. The first-order valence-electron chi connectivity index (χ1n) is 4.22. The maximum absolute atomic E-state index is 12.5. The summed E-state index contributed by atoms with van der Waals surface area (Å²) in [7, 11) is -4.51. The molecule has 0 spiro atoms. The monoisotopic (exact) mass is 243 g/mol. The Kier molecular flexibility index (Phi) is 3.71. The van der Waals surface area contributed by atoms with Crippen molar-refractivity contribution in [3.63, 3.8) is 0 Å². The minimum absolute atomic E-state index is 0.0471. The SMILES string of the molecule is O=C(CCCl)N1CCC(S(=O)(=O)F)C1. The molecule has 0 N–H and O–H groups in total. The fourth-order valence-corrected chi connectivity index (χ4v) is 2.33. The van der Waals surface area contributed by atoms with Gasteiger partial charge in [0.05, 0.1) is 0 Å². The number of carbonyl (C=O) groups excluding carboxylic acids is 1. The summed E-state index contributed by atoms with van der Waals surface area (Å²) in [6.07, 6.45) is 0.341. The van der Waals surface area contributed by atoms with E-state index in [-0.39, 0.29) is 31.2 Å². The van der Waals surface area contributed by atoms with E-state index in [1.807, 2.05) is 0 Å². The third-order valence-electron chi connectivity index (χ3n) is 2.20. The summed E-state index contributed by atoms with van der Waals surface area (Å²) in [6.45, 7) is 0.248. The van der Waals surface area contributed by atoms with Crippen LogP contribution in [0.3, 0.4) is 0 Å². The molecule has 1 rings (SSSR count). The van der Waals surface area contributed by atoms with Gasteiger partial charge in [-0.1, -0.05) is 0 Å². The van der Waals surface area contributed by atoms with E-state index < -0.39 is 15.5 Å². The highest BCUT2D eigenvalue weighted by atomic mass is 35.5. The summed E-state index contributed by atoms with van der Waals surface area (Å²) in [5.74, 6) is -0.0197. The van der Waals surface area contributed by atoms with Crippen molar-refractivity contribution in [1.29, 1.82) is 0 Å². The van der Waals surface area contributed by atoms with Gasteiger partial charge >= 0.3 is 10.2 Å². The molecule has 0 aromatic heterocycles. The molecule has 1 saturated heterocycles. The van der Waals surface area contributed by atoms with Crippen LogP contribution < -0.4 is 0 Å². The summed E-state index contributed by atoms with van der Waals surface area (Å²) in [5.41, 5.74) is 0. The normalized spacial score (nSPS) is 22.7. The number of nitrogens with zero attached hydrogens (tertiary/aromatic N) is 1. The highest BCUT2D eigenvalue weighted by molar-refractivity contribution is 7.87. The lowest BCUT2D eigenvalue weighted by atomic mass is 10.4. The number of rotatable bonds is 3. The summed E-state index contributed by atoms with van der Waals surface area (Å²) >= 11 is 5.36. The Bertz CT molecular complexity index is 319. The van der Waals surface area contributed by atoms with E-state index in [1.54, 1.807) is 0 Å². The number of hydrogen-bond donors (Lipinski definition) is 0. The molecule has 0 radical (unpaired) electrons. The van der Waals surface area contributed by atoms with Crippen LogP contribution in [0, 0.1) is 0 Å². The van der Waals surface area contributed by atoms with Gasteiger partial charge in [-0.05, 0) is 6.42 Å². The Morgan fingerprint density at radius 2 is 2.21 bits per heavy atom. The van der Waals surface area contributed by atoms with Crippen molar-refractivity contribution >= 4 is 27.7 Å². The lowest BCUT2D eigenvalue weighted by Crippen LogP contribution is -2.31. The van der Waals surface area contributed by atoms with Crippen molar-refractivity contribution in [3.05, 3.63) is 0 Å². The molecule has 1 aliphatic rings. The molecule has 0 aliphatic carbocycles. The van der Waals surface area contributed by atoms with Gasteiger partial charge in [0.25, 0.3) is 0 Å². The van der Waals surface area contributed by atoms with Crippen LogP contribution in [0.2, 0.25) is 0 Å². The molecule has 1 atom stereocenters. The van der Waals surface area contributed by atoms with Crippen LogP contribution in [0.1, 0.15) is 12.8 Å². The Morgan fingerprint density at radius 1 is 1.57 bits per heavy atom. The molecule has 1 heterocycles. The highest BCUT2D eigenvalue weighted by Crippen LogP contribution is 2.18. The second kappa shape index (κ2) is 4.44. The number of alkyl halides is 1. The highest BCUT2D eigenvalue weighted by Gasteiger charge is 2.34. The van der Waals surface area contributed by atoms with Gasteiger partial charge in [-0.25, -0.2) is 0 Å². The first-order chi connectivity index (χ1) is 6.45. The van der Waals surface area contributed by atoms with Gasteiger partial charge in [0.1, 0.15) is 5.25 Å². The molecule has 82 valence electrons. The van der Waals surface area contributed by atoms with E-state index in [0.29, 0.717) is 6.54 Å². The molecule has 1 aliphatic heterocycles. The van der Waals surface area contributed by atoms with E-state index in [1.165, 1.54) is 4.90 Å². The Balaban J connectivity index is 2.54. The molecular formula is C7H11ClFNO3S. The summed E-state index contributed by atoms with van der Waals surface area (Å²) in [6, 6.07) is 0. The maximum Gasteiger partial charge on any atom is 0.307 e. The zero-order valence-corrected chi connectivity index (χ0v) is 9.02. The number of hydrogen-bond acceptors (Lipinski definition) is 3. The molecule has 0 saturated carbocycles. The molecule has 14 heavy (non-hydrogen) atoms. The summed E-state index contributed by atoms with van der Waals surface area (Å²) < 4.78 is 33.6. The van der Waals surface area contributed by atoms with Crippen LogP contribution in [0.5, 0.6) is 0 Å². The number of halogens is 2. The Hall–Kier alpha value is -0.360. The van der Waals surface area contributed by atoms with Gasteiger partial charge in [0, 0.05) is 25.4 Å². The van der Waals surface area contributed by atoms with E-state index in [9.17, 15) is 17.1 Å². The smallest absolute Gasteiger partial charge is 0.307 e. The standard InChI is InChI=1S/C7H11ClFNO3S/c8-3-1-7(11)10-4-2-6(5-10)14(9,12)13/h6H,1-5H2. The third kappa shape index (κ3) is 2.81. The van der Waals surface area contributed by atoms with E-state index in [4.69, 9.17) is 11.6 Å². The van der Waals surface area contributed by atoms with Crippen LogP contribution in [-0.4, -0.2) is 43.4 Å². The molecule has 0 aromatic carbocycles. The largest absolute Gasteiger partial charge is 0.341 e. The van der Waals surface area contributed by atoms with Gasteiger partial charge in [0.2, 0.25) is 5.91 Å². The minimum Gasteiger partial charge on any atom is -0.341 e. The number of likely N-dealkylation sites (tertiary alicyclic amines) is 1. The van der Waals surface area contributed by atoms with Crippen LogP contribution >= 0.6 is 11.6 Å². The quantitative estimate of drug-likeness (QED) is 0.536. The van der Waals surface area contributed by atoms with E-state index in [0.717, 1.165) is 0 Å². The van der Waals surface area contributed by atoms with Gasteiger partial charge in [-0.15, -0.1) is 15.5 Å². The maximum atomic E-state index is 12.5. The summed E-state index contributed by atoms with van der Waals surface area (Å²) in [4.78, 5) is 12.6. The predicted molar refractivity (Wildman–Crippen MR) is 50.3 cm³/mol. The topological polar surface area (TPSA) is 54.5 Å². The van der Waals surface area contributed by atoms with E-state index >= 15 is 0 Å². The van der Waals surface area contributed by atoms with Crippen molar-refractivity contribution in [2.45, 2.75) is 18.1 Å². The van der Waals surface area contributed by atoms with Crippen molar-refractivity contribution in [3.8, 4) is 0 Å². The van der Waals surface area contributed by atoms with Crippen molar-refractivity contribution < 1.29 is 17.1 Å². The van der Waals surface area contributed by atoms with Crippen LogP contribution in [0.15, 0.2) is 0 Å². The zero-order chi connectivity index (χ0) is 10.8. The van der Waals surface area contributed by atoms with Gasteiger partial charge < -0.3 is 4.90 Å². The molecule has 1 fully saturated rings. The molecule has 4 nitrogen and oxygen atoms in total. The molecule has 0 bridgehead atoms. The minimum atomic E-state index is -4.51. The van der Waals surface area contributed by atoms with Gasteiger partial charge in [-0.3, -0.25) is 4.79 Å². The van der Waals surface area contributed by atoms with Crippen LogP contribution in [0.25, 0.3) is 0 Å². The molecule has 1 amide bonds. The lowest BCUT2D eigenvalue weighted by molar-refractivity contribution is -0.129. The second-order valence-electron chi connectivity index (χ2n) is 3.16. The zero-order valence-electron chi connectivity index (χ0n) is 7.45. The first-order valence-corrected chi connectivity index (χ1v) is 6.20. The molecule has 0 aromatic rings. The Morgan fingerprint density at radius 3 is 2.64 bits per heavy atom. The van der Waals surface area contributed by atoms with Crippen molar-refractivity contribution in [1.82, 2.24) is 4.90 Å². The fraction of sp³-hybridized carbons (Fsp3) is 0.857. The average molecular weight is 244 g/mol. The lowest BCUT2D eigenvalue weighted by Gasteiger charge is -2.14. The third-order valence-corrected chi connectivity index (χ3v) is 3.57. The van der Waals surface area contributed by atoms with E-state index in [2.05, 4.69) is 0 Å². The van der Waals surface area contributed by atoms with Gasteiger partial charge in [0.15, 0.2) is 0 Å². The second-order valence-corrected chi connectivity index (χ2v) is 5.16. The van der Waals surface area contributed by atoms with Crippen molar-refractivity contribution in [2.24, 2.45) is 0 Å². The molecule has 7 heteroatoms. The predicted octanol–water partition coefficient (Wildman–Crippen LogP) is 0.516. The molecule has 1 unspecified atom stereocenters. The van der Waals surface area contributed by atoms with Gasteiger partial charge in [-0.2, -0.15) is 8.42 Å². The average Bonchev–Trinajstić information content (AvgIpc) is 2.51. The summed E-state index contributed by atoms with van der Waals surface area (Å²) in [5, 5.41) is -1.05. The van der Waals surface area contributed by atoms with Crippen molar-refractivity contribution in [2.75, 3.05) is 19.0 Å². The number of carbonyl (C=O) groups is 1. The van der Waals surface area contributed by atoms with Crippen LogP contribution in [0.4, 0.5) is 3.89 Å².